The normalized spacial score (nSPS) is 10.6. The third-order valence-corrected chi connectivity index (χ3v) is 3.35. The molecule has 6 heteroatoms. The number of nitrogen functional groups attached to an aromatic ring is 1. The Morgan fingerprint density at radius 1 is 1.19 bits per heavy atom. The summed E-state index contributed by atoms with van der Waals surface area (Å²) in [5.74, 6) is 1.41. The SMILES string of the molecule is COc1ccc(-c2noc(-c3ccccc3Cl)n2)cc1N. The third kappa shape index (κ3) is 2.55. The molecule has 3 aromatic rings. The van der Waals surface area contributed by atoms with Gasteiger partial charge in [0.05, 0.1) is 23.4 Å². The van der Waals surface area contributed by atoms with Crippen LogP contribution < -0.4 is 10.5 Å². The van der Waals surface area contributed by atoms with E-state index in [1.54, 1.807) is 25.3 Å². The Kier molecular flexibility index (Phi) is 3.50. The summed E-state index contributed by atoms with van der Waals surface area (Å²) in [6.07, 6.45) is 0. The molecule has 3 rings (SSSR count). The molecule has 0 atom stereocenters. The first kappa shape index (κ1) is 13.5. The zero-order valence-electron chi connectivity index (χ0n) is 11.2. The number of nitrogens with two attached hydrogens (primary N) is 1. The van der Waals surface area contributed by atoms with E-state index in [2.05, 4.69) is 10.1 Å². The lowest BCUT2D eigenvalue weighted by atomic mass is 10.2. The Balaban J connectivity index is 1.99. The van der Waals surface area contributed by atoms with E-state index in [0.29, 0.717) is 33.7 Å². The van der Waals surface area contributed by atoms with Crippen molar-refractivity contribution in [2.24, 2.45) is 0 Å². The van der Waals surface area contributed by atoms with E-state index in [1.165, 1.54) is 0 Å². The van der Waals surface area contributed by atoms with E-state index in [0.717, 1.165) is 5.56 Å². The molecule has 0 fully saturated rings. The second-order valence-electron chi connectivity index (χ2n) is 4.36. The van der Waals surface area contributed by atoms with Gasteiger partial charge in [0.15, 0.2) is 0 Å². The number of hydrogen-bond donors (Lipinski definition) is 1. The Bertz CT molecular complexity index is 786. The highest BCUT2D eigenvalue weighted by atomic mass is 35.5. The molecule has 106 valence electrons. The minimum atomic E-state index is 0.366. The largest absolute Gasteiger partial charge is 0.495 e. The van der Waals surface area contributed by atoms with E-state index in [-0.39, 0.29) is 0 Å². The van der Waals surface area contributed by atoms with Gasteiger partial charge in [-0.15, -0.1) is 0 Å². The van der Waals surface area contributed by atoms with Gasteiger partial charge >= 0.3 is 0 Å². The Labute approximate surface area is 126 Å². The second kappa shape index (κ2) is 5.46. The molecule has 5 nitrogen and oxygen atoms in total. The lowest BCUT2D eigenvalue weighted by molar-refractivity contribution is 0.417. The van der Waals surface area contributed by atoms with Gasteiger partial charge in [0.25, 0.3) is 5.89 Å². The molecule has 0 saturated carbocycles. The highest BCUT2D eigenvalue weighted by Crippen LogP contribution is 2.30. The molecule has 21 heavy (non-hydrogen) atoms. The van der Waals surface area contributed by atoms with Gasteiger partial charge in [-0.05, 0) is 30.3 Å². The van der Waals surface area contributed by atoms with Crippen LogP contribution in [-0.4, -0.2) is 17.3 Å². The van der Waals surface area contributed by atoms with Gasteiger partial charge in [0.1, 0.15) is 5.75 Å². The number of methoxy groups -OCH3 is 1. The molecule has 1 aromatic heterocycles. The Hall–Kier alpha value is -2.53. The fourth-order valence-corrected chi connectivity index (χ4v) is 2.17. The number of anilines is 1. The molecule has 2 aromatic carbocycles. The zero-order valence-corrected chi connectivity index (χ0v) is 12.0. The monoisotopic (exact) mass is 301 g/mol. The summed E-state index contributed by atoms with van der Waals surface area (Å²) in [6.45, 7) is 0. The number of hydrogen-bond acceptors (Lipinski definition) is 5. The maximum absolute atomic E-state index is 6.11. The number of halogens is 1. The molecule has 0 aliphatic heterocycles. The summed E-state index contributed by atoms with van der Waals surface area (Å²) >= 11 is 6.11. The van der Waals surface area contributed by atoms with Crippen LogP contribution in [0.1, 0.15) is 0 Å². The topological polar surface area (TPSA) is 74.2 Å². The molecule has 0 aliphatic rings. The molecular formula is C15H12ClN3O2. The van der Waals surface area contributed by atoms with E-state index in [4.69, 9.17) is 26.6 Å². The first-order valence-electron chi connectivity index (χ1n) is 6.21. The molecule has 0 radical (unpaired) electrons. The van der Waals surface area contributed by atoms with Crippen LogP contribution in [0.3, 0.4) is 0 Å². The fourth-order valence-electron chi connectivity index (χ4n) is 1.96. The van der Waals surface area contributed by atoms with Crippen LogP contribution in [-0.2, 0) is 0 Å². The minimum absolute atomic E-state index is 0.366. The Morgan fingerprint density at radius 2 is 2.00 bits per heavy atom. The number of ether oxygens (including phenoxy) is 1. The number of nitrogens with zero attached hydrogens (tertiary/aromatic N) is 2. The lowest BCUT2D eigenvalue weighted by Gasteiger charge is -2.04. The molecule has 0 unspecified atom stereocenters. The van der Waals surface area contributed by atoms with Crippen molar-refractivity contribution in [3.05, 3.63) is 47.5 Å². The maximum atomic E-state index is 6.11. The van der Waals surface area contributed by atoms with Crippen molar-refractivity contribution in [2.75, 3.05) is 12.8 Å². The first-order valence-corrected chi connectivity index (χ1v) is 6.59. The van der Waals surface area contributed by atoms with Gasteiger partial charge in [0, 0.05) is 5.56 Å². The zero-order chi connectivity index (χ0) is 14.8. The molecule has 0 spiro atoms. The van der Waals surface area contributed by atoms with E-state index >= 15 is 0 Å². The third-order valence-electron chi connectivity index (χ3n) is 3.02. The molecular weight excluding hydrogens is 290 g/mol. The average molecular weight is 302 g/mol. The smallest absolute Gasteiger partial charge is 0.259 e. The van der Waals surface area contributed by atoms with Crippen LogP contribution in [0.5, 0.6) is 5.75 Å². The maximum Gasteiger partial charge on any atom is 0.259 e. The number of rotatable bonds is 3. The van der Waals surface area contributed by atoms with Crippen molar-refractivity contribution in [1.29, 1.82) is 0 Å². The van der Waals surface area contributed by atoms with Gasteiger partial charge in [-0.1, -0.05) is 28.9 Å². The summed E-state index contributed by atoms with van der Waals surface area (Å²) in [5, 5.41) is 4.52. The summed E-state index contributed by atoms with van der Waals surface area (Å²) in [4.78, 5) is 4.35. The van der Waals surface area contributed by atoms with Crippen LogP contribution in [0.25, 0.3) is 22.8 Å². The average Bonchev–Trinajstić information content (AvgIpc) is 2.97. The standard InChI is InChI=1S/C15H12ClN3O2/c1-20-13-7-6-9(8-12(13)17)14-18-15(21-19-14)10-4-2-3-5-11(10)16/h2-8H,17H2,1H3. The molecule has 2 N–H and O–H groups in total. The van der Waals surface area contributed by atoms with Gasteiger partial charge in [0.2, 0.25) is 5.82 Å². The van der Waals surface area contributed by atoms with Crippen molar-refractivity contribution < 1.29 is 9.26 Å². The molecule has 0 aliphatic carbocycles. The second-order valence-corrected chi connectivity index (χ2v) is 4.77. The summed E-state index contributed by atoms with van der Waals surface area (Å²) in [5.41, 5.74) is 7.83. The predicted molar refractivity (Wildman–Crippen MR) is 81.1 cm³/mol. The highest BCUT2D eigenvalue weighted by molar-refractivity contribution is 6.33. The summed E-state index contributed by atoms with van der Waals surface area (Å²) < 4.78 is 10.4. The van der Waals surface area contributed by atoms with E-state index in [1.807, 2.05) is 24.3 Å². The van der Waals surface area contributed by atoms with Gasteiger partial charge in [-0.3, -0.25) is 0 Å². The van der Waals surface area contributed by atoms with Gasteiger partial charge in [-0.25, -0.2) is 0 Å². The quantitative estimate of drug-likeness (QED) is 0.747. The van der Waals surface area contributed by atoms with Crippen LogP contribution in [0.4, 0.5) is 5.69 Å². The van der Waals surface area contributed by atoms with Crippen molar-refractivity contribution >= 4 is 17.3 Å². The molecule has 0 amide bonds. The van der Waals surface area contributed by atoms with Crippen LogP contribution in [0.2, 0.25) is 5.02 Å². The van der Waals surface area contributed by atoms with Crippen molar-refractivity contribution in [1.82, 2.24) is 10.1 Å². The fraction of sp³-hybridized carbons (Fsp3) is 0.0667. The van der Waals surface area contributed by atoms with Crippen LogP contribution >= 0.6 is 11.6 Å². The molecule has 0 saturated heterocycles. The Morgan fingerprint density at radius 3 is 2.71 bits per heavy atom. The van der Waals surface area contributed by atoms with Gasteiger partial charge in [-0.2, -0.15) is 4.98 Å². The lowest BCUT2D eigenvalue weighted by Crippen LogP contribution is -1.93. The first-order chi connectivity index (χ1) is 10.2. The van der Waals surface area contributed by atoms with Crippen LogP contribution in [0.15, 0.2) is 47.0 Å². The number of aromatic nitrogens is 2. The summed E-state index contributed by atoms with van der Waals surface area (Å²) in [7, 11) is 1.56. The van der Waals surface area contributed by atoms with Gasteiger partial charge < -0.3 is 15.0 Å². The van der Waals surface area contributed by atoms with Crippen molar-refractivity contribution in [2.45, 2.75) is 0 Å². The summed E-state index contributed by atoms with van der Waals surface area (Å²) in [6, 6.07) is 12.6. The predicted octanol–water partition coefficient (Wildman–Crippen LogP) is 3.65. The van der Waals surface area contributed by atoms with E-state index in [9.17, 15) is 0 Å². The van der Waals surface area contributed by atoms with E-state index < -0.39 is 0 Å². The molecule has 0 bridgehead atoms. The van der Waals surface area contributed by atoms with Crippen LogP contribution in [0, 0.1) is 0 Å². The van der Waals surface area contributed by atoms with Crippen molar-refractivity contribution in [3.8, 4) is 28.6 Å². The molecule has 1 heterocycles. The van der Waals surface area contributed by atoms with Crippen molar-refractivity contribution in [3.63, 3.8) is 0 Å². The highest BCUT2D eigenvalue weighted by Gasteiger charge is 2.13. The minimum Gasteiger partial charge on any atom is -0.495 e. The number of benzene rings is 2.